The van der Waals surface area contributed by atoms with Gasteiger partial charge in [0.05, 0.1) is 12.0 Å². The van der Waals surface area contributed by atoms with E-state index in [1.807, 2.05) is 15.9 Å². The van der Waals surface area contributed by atoms with E-state index in [-0.39, 0.29) is 29.4 Å². The van der Waals surface area contributed by atoms with Crippen molar-refractivity contribution in [1.29, 1.82) is 0 Å². The molecule has 1 aromatic carbocycles. The monoisotopic (exact) mass is 365 g/mol. The summed E-state index contributed by atoms with van der Waals surface area (Å²) >= 11 is 0. The zero-order chi connectivity index (χ0) is 18.9. The number of likely N-dealkylation sites (tertiary alicyclic amines) is 2. The molecule has 6 nitrogen and oxygen atoms in total. The standard InChI is InChI=1S/C21H23N3O3/c25-18-7-2-1-5-16(18)11-19(26)23-10-4-8-21(13-23)14-24(15-21)20(27)17-6-3-9-22-12-17/h1-3,5-7,9,12,25H,4,8,10-11,13-15H2. The van der Waals surface area contributed by atoms with E-state index in [0.29, 0.717) is 30.8 Å². The second-order valence-corrected chi connectivity index (χ2v) is 7.63. The van der Waals surface area contributed by atoms with Gasteiger partial charge in [-0.1, -0.05) is 18.2 Å². The van der Waals surface area contributed by atoms with Gasteiger partial charge in [0.1, 0.15) is 5.75 Å². The lowest BCUT2D eigenvalue weighted by Gasteiger charge is -2.54. The second-order valence-electron chi connectivity index (χ2n) is 7.63. The van der Waals surface area contributed by atoms with E-state index >= 15 is 0 Å². The normalized spacial score (nSPS) is 18.2. The molecule has 2 saturated heterocycles. The van der Waals surface area contributed by atoms with Gasteiger partial charge in [0.15, 0.2) is 0 Å². The fourth-order valence-corrected chi connectivity index (χ4v) is 4.19. The van der Waals surface area contributed by atoms with Crippen LogP contribution in [0.4, 0.5) is 0 Å². The van der Waals surface area contributed by atoms with Crippen molar-refractivity contribution in [2.45, 2.75) is 19.3 Å². The highest BCUT2D eigenvalue weighted by Crippen LogP contribution is 2.39. The van der Waals surface area contributed by atoms with Crippen molar-refractivity contribution in [2.75, 3.05) is 26.2 Å². The molecule has 2 amide bonds. The van der Waals surface area contributed by atoms with Crippen molar-refractivity contribution in [3.63, 3.8) is 0 Å². The van der Waals surface area contributed by atoms with Gasteiger partial charge in [0, 0.05) is 49.6 Å². The van der Waals surface area contributed by atoms with Crippen molar-refractivity contribution in [3.8, 4) is 5.75 Å². The molecule has 1 spiro atoms. The second kappa shape index (κ2) is 7.02. The van der Waals surface area contributed by atoms with Crippen LogP contribution in [0.15, 0.2) is 48.8 Å². The van der Waals surface area contributed by atoms with Gasteiger partial charge < -0.3 is 14.9 Å². The molecule has 0 radical (unpaired) electrons. The molecule has 2 aromatic rings. The Morgan fingerprint density at radius 1 is 1.07 bits per heavy atom. The number of amides is 2. The van der Waals surface area contributed by atoms with Crippen molar-refractivity contribution in [2.24, 2.45) is 5.41 Å². The Kier molecular flexibility index (Phi) is 4.56. The van der Waals surface area contributed by atoms with Crippen LogP contribution in [0.5, 0.6) is 5.75 Å². The van der Waals surface area contributed by atoms with Crippen LogP contribution in [-0.2, 0) is 11.2 Å². The lowest BCUT2D eigenvalue weighted by atomic mass is 9.73. The molecule has 2 aliphatic rings. The summed E-state index contributed by atoms with van der Waals surface area (Å²) in [5.74, 6) is 0.202. The number of rotatable bonds is 3. The van der Waals surface area contributed by atoms with Crippen molar-refractivity contribution >= 4 is 11.8 Å². The maximum atomic E-state index is 12.7. The fraction of sp³-hybridized carbons (Fsp3) is 0.381. The van der Waals surface area contributed by atoms with E-state index in [1.54, 1.807) is 42.7 Å². The minimum atomic E-state index is 0.00448. The Hall–Kier alpha value is -2.89. The number of aromatic nitrogens is 1. The first kappa shape index (κ1) is 17.5. The van der Waals surface area contributed by atoms with Gasteiger partial charge >= 0.3 is 0 Å². The number of hydrogen-bond donors (Lipinski definition) is 1. The summed E-state index contributed by atoms with van der Waals surface area (Å²) in [5, 5.41) is 9.90. The van der Waals surface area contributed by atoms with E-state index in [9.17, 15) is 14.7 Å². The van der Waals surface area contributed by atoms with Gasteiger partial charge in [0.25, 0.3) is 5.91 Å². The summed E-state index contributed by atoms with van der Waals surface area (Å²) in [6.45, 7) is 2.78. The largest absolute Gasteiger partial charge is 0.508 e. The third kappa shape index (κ3) is 3.52. The Labute approximate surface area is 158 Å². The van der Waals surface area contributed by atoms with E-state index in [2.05, 4.69) is 4.98 Å². The predicted octanol–water partition coefficient (Wildman–Crippen LogP) is 2.09. The van der Waals surface area contributed by atoms with Crippen LogP contribution >= 0.6 is 0 Å². The lowest BCUT2D eigenvalue weighted by Crippen LogP contribution is -2.64. The first-order valence-corrected chi connectivity index (χ1v) is 9.30. The number of carbonyl (C=O) groups excluding carboxylic acids is 2. The molecular formula is C21H23N3O3. The Morgan fingerprint density at radius 3 is 2.59 bits per heavy atom. The first-order chi connectivity index (χ1) is 13.1. The van der Waals surface area contributed by atoms with Gasteiger partial charge in [-0.2, -0.15) is 0 Å². The molecule has 0 atom stereocenters. The summed E-state index contributed by atoms with van der Waals surface area (Å²) in [6, 6.07) is 10.5. The molecule has 6 heteroatoms. The van der Waals surface area contributed by atoms with Crippen molar-refractivity contribution in [1.82, 2.24) is 14.8 Å². The maximum Gasteiger partial charge on any atom is 0.255 e. The highest BCUT2D eigenvalue weighted by atomic mass is 16.3. The topological polar surface area (TPSA) is 73.7 Å². The summed E-state index contributed by atoms with van der Waals surface area (Å²) in [7, 11) is 0. The van der Waals surface area contributed by atoms with Gasteiger partial charge in [-0.25, -0.2) is 0 Å². The molecule has 1 N–H and O–H groups in total. The number of nitrogens with zero attached hydrogens (tertiary/aromatic N) is 3. The molecule has 0 saturated carbocycles. The number of aromatic hydroxyl groups is 1. The average molecular weight is 365 g/mol. The minimum Gasteiger partial charge on any atom is -0.508 e. The van der Waals surface area contributed by atoms with E-state index < -0.39 is 0 Å². The van der Waals surface area contributed by atoms with Crippen LogP contribution in [0.2, 0.25) is 0 Å². The first-order valence-electron chi connectivity index (χ1n) is 9.30. The SMILES string of the molecule is O=C(Cc1ccccc1O)N1CCCC2(C1)CN(C(=O)c1cccnc1)C2. The minimum absolute atomic E-state index is 0.00448. The Bertz CT molecular complexity index is 847. The zero-order valence-corrected chi connectivity index (χ0v) is 15.2. The van der Waals surface area contributed by atoms with Gasteiger partial charge in [-0.05, 0) is 31.0 Å². The molecule has 3 heterocycles. The third-order valence-corrected chi connectivity index (χ3v) is 5.60. The highest BCUT2D eigenvalue weighted by Gasteiger charge is 2.48. The zero-order valence-electron chi connectivity index (χ0n) is 15.2. The number of para-hydroxylation sites is 1. The molecule has 0 bridgehead atoms. The van der Waals surface area contributed by atoms with Gasteiger partial charge in [0.2, 0.25) is 5.91 Å². The fourth-order valence-electron chi connectivity index (χ4n) is 4.19. The molecule has 0 aliphatic carbocycles. The van der Waals surface area contributed by atoms with E-state index in [0.717, 1.165) is 19.4 Å². The number of benzene rings is 1. The van der Waals surface area contributed by atoms with Crippen LogP contribution in [0.25, 0.3) is 0 Å². The highest BCUT2D eigenvalue weighted by molar-refractivity contribution is 5.94. The average Bonchev–Trinajstić information content (AvgIpc) is 2.68. The summed E-state index contributed by atoms with van der Waals surface area (Å²) in [4.78, 5) is 33.0. The Morgan fingerprint density at radius 2 is 1.85 bits per heavy atom. The molecule has 1 aromatic heterocycles. The van der Waals surface area contributed by atoms with Crippen LogP contribution in [0.1, 0.15) is 28.8 Å². The lowest BCUT2D eigenvalue weighted by molar-refractivity contribution is -0.137. The molecule has 2 aliphatic heterocycles. The number of pyridine rings is 1. The predicted molar refractivity (Wildman–Crippen MR) is 100 cm³/mol. The molecule has 140 valence electrons. The number of carbonyl (C=O) groups is 2. The Balaban J connectivity index is 1.37. The summed E-state index contributed by atoms with van der Waals surface area (Å²) < 4.78 is 0. The number of hydrogen-bond acceptors (Lipinski definition) is 4. The van der Waals surface area contributed by atoms with Crippen LogP contribution in [-0.4, -0.2) is 57.9 Å². The number of phenols is 1. The molecule has 27 heavy (non-hydrogen) atoms. The van der Waals surface area contributed by atoms with Crippen molar-refractivity contribution in [3.05, 3.63) is 59.9 Å². The number of phenolic OH excluding ortho intramolecular Hbond substituents is 1. The smallest absolute Gasteiger partial charge is 0.255 e. The van der Waals surface area contributed by atoms with E-state index in [1.165, 1.54) is 0 Å². The van der Waals surface area contributed by atoms with Gasteiger partial charge in [-0.15, -0.1) is 0 Å². The molecular weight excluding hydrogens is 342 g/mol. The van der Waals surface area contributed by atoms with E-state index in [4.69, 9.17) is 0 Å². The maximum absolute atomic E-state index is 12.7. The number of piperidine rings is 1. The third-order valence-electron chi connectivity index (χ3n) is 5.60. The molecule has 2 fully saturated rings. The quantitative estimate of drug-likeness (QED) is 0.904. The van der Waals surface area contributed by atoms with Crippen LogP contribution < -0.4 is 0 Å². The molecule has 0 unspecified atom stereocenters. The van der Waals surface area contributed by atoms with Crippen LogP contribution in [0.3, 0.4) is 0 Å². The summed E-state index contributed by atoms with van der Waals surface area (Å²) in [5.41, 5.74) is 1.27. The van der Waals surface area contributed by atoms with Crippen molar-refractivity contribution < 1.29 is 14.7 Å². The van der Waals surface area contributed by atoms with Crippen LogP contribution in [0, 0.1) is 5.41 Å². The van der Waals surface area contributed by atoms with Gasteiger partial charge in [-0.3, -0.25) is 14.6 Å². The molecule has 4 rings (SSSR count). The summed E-state index contributed by atoms with van der Waals surface area (Å²) in [6.07, 6.45) is 5.44.